The van der Waals surface area contributed by atoms with Crippen molar-refractivity contribution in [1.29, 1.82) is 0 Å². The third kappa shape index (κ3) is 6.42. The van der Waals surface area contributed by atoms with Gasteiger partial charge in [-0.3, -0.25) is 19.3 Å². The molecule has 41 heavy (non-hydrogen) atoms. The van der Waals surface area contributed by atoms with E-state index < -0.39 is 17.5 Å². The van der Waals surface area contributed by atoms with Gasteiger partial charge in [-0.2, -0.15) is 5.10 Å². The van der Waals surface area contributed by atoms with Gasteiger partial charge in [0.2, 0.25) is 5.91 Å². The molecule has 1 atom stereocenters. The van der Waals surface area contributed by atoms with Crippen molar-refractivity contribution >= 4 is 34.0 Å². The molecule has 13 heteroatoms. The van der Waals surface area contributed by atoms with Crippen LogP contribution in [0.1, 0.15) is 6.42 Å². The number of nitrogens with zero attached hydrogens (tertiary/aromatic N) is 7. The first-order valence-electron chi connectivity index (χ1n) is 13.3. The Balaban J connectivity index is 1.37. The highest BCUT2D eigenvalue weighted by Crippen LogP contribution is 2.39. The van der Waals surface area contributed by atoms with Gasteiger partial charge in [0.1, 0.15) is 24.4 Å². The van der Waals surface area contributed by atoms with E-state index >= 15 is 4.39 Å². The summed E-state index contributed by atoms with van der Waals surface area (Å²) in [6, 6.07) is 9.33. The fourth-order valence-electron chi connectivity index (χ4n) is 4.93. The van der Waals surface area contributed by atoms with Crippen molar-refractivity contribution in [2.24, 2.45) is 5.73 Å². The van der Waals surface area contributed by atoms with Crippen molar-refractivity contribution in [3.05, 3.63) is 66.8 Å². The number of aliphatic hydroxyl groups excluding tert-OH is 1. The zero-order chi connectivity index (χ0) is 28.9. The summed E-state index contributed by atoms with van der Waals surface area (Å²) >= 11 is 0. The summed E-state index contributed by atoms with van der Waals surface area (Å²) in [5, 5.41) is 14.3. The maximum atomic E-state index is 15.1. The number of primary amides is 1. The summed E-state index contributed by atoms with van der Waals surface area (Å²) in [5.41, 5.74) is 6.10. The fraction of sp³-hybridized carbons (Fsp3) is 0.357. The van der Waals surface area contributed by atoms with Crippen molar-refractivity contribution < 1.29 is 23.4 Å². The van der Waals surface area contributed by atoms with Gasteiger partial charge in [0.25, 0.3) is 0 Å². The number of likely N-dealkylation sites (N-methyl/N-ethyl adjacent to an activating group) is 1. The van der Waals surface area contributed by atoms with Crippen molar-refractivity contribution in [3.63, 3.8) is 0 Å². The van der Waals surface area contributed by atoms with Gasteiger partial charge in [-0.25, -0.2) is 18.7 Å². The van der Waals surface area contributed by atoms with Gasteiger partial charge in [0.05, 0.1) is 36.3 Å². The molecule has 1 amide bonds. The Kier molecular flexibility index (Phi) is 8.67. The maximum Gasteiger partial charge on any atom is 0.239 e. The monoisotopic (exact) mass is 566 g/mol. The number of carbonyl (C=O) groups is 1. The largest absolute Gasteiger partial charge is 0.493 e. The number of benzene rings is 2. The normalized spacial score (nSPS) is 16.2. The minimum absolute atomic E-state index is 0.0868. The molecule has 0 bridgehead atoms. The van der Waals surface area contributed by atoms with Crippen LogP contribution in [0.25, 0.3) is 10.9 Å². The summed E-state index contributed by atoms with van der Waals surface area (Å²) in [6.45, 7) is 4.02. The molecule has 1 saturated heterocycles. The molecule has 0 unspecified atom stereocenters. The van der Waals surface area contributed by atoms with Gasteiger partial charge in [0, 0.05) is 49.9 Å². The van der Waals surface area contributed by atoms with Gasteiger partial charge >= 0.3 is 0 Å². The number of hydrogen-bond donors (Lipinski definition) is 2. The molecule has 0 radical (unpaired) electrons. The lowest BCUT2D eigenvalue weighted by molar-refractivity contribution is -0.118. The van der Waals surface area contributed by atoms with Gasteiger partial charge in [-0.05, 0) is 37.7 Å². The minimum atomic E-state index is -1.06. The second-order valence-electron chi connectivity index (χ2n) is 9.97. The van der Waals surface area contributed by atoms with E-state index in [-0.39, 0.29) is 30.7 Å². The zero-order valence-electron chi connectivity index (χ0n) is 22.7. The summed E-state index contributed by atoms with van der Waals surface area (Å²) in [5.74, 6) is -1.77. The van der Waals surface area contributed by atoms with Gasteiger partial charge in [-0.15, -0.1) is 0 Å². The van der Waals surface area contributed by atoms with Crippen LogP contribution >= 0.6 is 0 Å². The SMILES string of the molecule is CN1CCN(CCCOc2ccc3c(N(c4cnn(CC(N)=O)c4)c4cccc(F)c4F)ncnc3c2)C[C@H]1CO. The number of aromatic nitrogens is 4. The smallest absolute Gasteiger partial charge is 0.239 e. The van der Waals surface area contributed by atoms with Gasteiger partial charge in [-0.1, -0.05) is 6.07 Å². The van der Waals surface area contributed by atoms with E-state index in [4.69, 9.17) is 10.5 Å². The van der Waals surface area contributed by atoms with Crippen LogP contribution in [-0.2, 0) is 11.3 Å². The Labute approximate surface area is 235 Å². The number of hydrogen-bond acceptors (Lipinski definition) is 9. The van der Waals surface area contributed by atoms with Crippen LogP contribution in [0, 0.1) is 11.6 Å². The fourth-order valence-corrected chi connectivity index (χ4v) is 4.93. The molecule has 1 fully saturated rings. The topological polar surface area (TPSA) is 126 Å². The number of ether oxygens (including phenoxy) is 1. The first-order chi connectivity index (χ1) is 19.8. The van der Waals surface area contributed by atoms with Crippen LogP contribution in [-0.4, -0.2) is 93.0 Å². The molecule has 1 aliphatic heterocycles. The second kappa shape index (κ2) is 12.5. The molecule has 3 heterocycles. The predicted molar refractivity (Wildman–Crippen MR) is 149 cm³/mol. The standard InChI is InChI=1S/C28H32F2N8O3/c1-35-9-10-36(14-20(35)17-39)8-3-11-41-21-6-7-22-24(12-21)32-18-33-28(22)38(25-5-2-4-23(29)27(25)30)19-13-34-37(15-19)16-26(31)40/h2,4-7,12-13,15,18,20,39H,3,8-11,14,16-17H2,1H3,(H2,31,40)/t20-/m0/s1. The number of nitrogens with two attached hydrogens (primary N) is 1. The molecule has 2 aromatic heterocycles. The lowest BCUT2D eigenvalue weighted by Gasteiger charge is -2.38. The highest BCUT2D eigenvalue weighted by Gasteiger charge is 2.24. The Morgan fingerprint density at radius 1 is 1.22 bits per heavy atom. The molecule has 2 aromatic carbocycles. The van der Waals surface area contributed by atoms with Crippen molar-refractivity contribution in [3.8, 4) is 5.75 Å². The number of piperazine rings is 1. The average molecular weight is 567 g/mol. The molecular weight excluding hydrogens is 534 g/mol. The highest BCUT2D eigenvalue weighted by molar-refractivity contribution is 5.95. The highest BCUT2D eigenvalue weighted by atomic mass is 19.2. The summed E-state index contributed by atoms with van der Waals surface area (Å²) in [6.07, 6.45) is 5.08. The summed E-state index contributed by atoms with van der Waals surface area (Å²) < 4.78 is 36.7. The zero-order valence-corrected chi connectivity index (χ0v) is 22.7. The number of carbonyl (C=O) groups excluding carboxylic acids is 1. The third-order valence-corrected chi connectivity index (χ3v) is 7.13. The Hall–Kier alpha value is -4.20. The molecule has 3 N–H and O–H groups in total. The molecule has 0 spiro atoms. The number of rotatable bonds is 11. The molecule has 216 valence electrons. The predicted octanol–water partition coefficient (Wildman–Crippen LogP) is 2.44. The van der Waals surface area contributed by atoms with Crippen LogP contribution in [0.15, 0.2) is 55.1 Å². The van der Waals surface area contributed by atoms with Crippen molar-refractivity contribution in [2.45, 2.75) is 19.0 Å². The molecule has 11 nitrogen and oxygen atoms in total. The molecular formula is C28H32F2N8O3. The van der Waals surface area contributed by atoms with E-state index in [1.54, 1.807) is 18.2 Å². The third-order valence-electron chi connectivity index (χ3n) is 7.13. The van der Waals surface area contributed by atoms with Crippen molar-refractivity contribution in [1.82, 2.24) is 29.5 Å². The Morgan fingerprint density at radius 3 is 2.88 bits per heavy atom. The van der Waals surface area contributed by atoms with Gasteiger partial charge in [0.15, 0.2) is 11.6 Å². The number of amides is 1. The molecule has 0 aliphatic carbocycles. The molecule has 0 saturated carbocycles. The van der Waals surface area contributed by atoms with Gasteiger partial charge < -0.3 is 20.5 Å². The van der Waals surface area contributed by atoms with E-state index in [2.05, 4.69) is 24.9 Å². The average Bonchev–Trinajstić information content (AvgIpc) is 3.41. The molecule has 5 rings (SSSR count). The summed E-state index contributed by atoms with van der Waals surface area (Å²) in [7, 11) is 2.03. The second-order valence-corrected chi connectivity index (χ2v) is 9.97. The van der Waals surface area contributed by atoms with Crippen LogP contribution < -0.4 is 15.4 Å². The minimum Gasteiger partial charge on any atom is -0.493 e. The first kappa shape index (κ1) is 28.3. The summed E-state index contributed by atoms with van der Waals surface area (Å²) in [4.78, 5) is 26.1. The number of anilines is 3. The van der Waals surface area contributed by atoms with E-state index in [0.717, 1.165) is 38.7 Å². The quantitative estimate of drug-likeness (QED) is 0.263. The van der Waals surface area contributed by atoms with Crippen LogP contribution in [0.2, 0.25) is 0 Å². The van der Waals surface area contributed by atoms with Crippen LogP contribution in [0.5, 0.6) is 5.75 Å². The van der Waals surface area contributed by atoms with Crippen LogP contribution in [0.4, 0.5) is 26.0 Å². The van der Waals surface area contributed by atoms with E-state index in [0.29, 0.717) is 28.9 Å². The number of aliphatic hydroxyl groups is 1. The molecule has 4 aromatic rings. The lowest BCUT2D eigenvalue weighted by Crippen LogP contribution is -2.53. The van der Waals surface area contributed by atoms with Crippen LogP contribution in [0.3, 0.4) is 0 Å². The Morgan fingerprint density at radius 2 is 2.07 bits per heavy atom. The number of fused-ring (bicyclic) bond motifs is 1. The Bertz CT molecular complexity index is 1520. The lowest BCUT2D eigenvalue weighted by atomic mass is 10.2. The van der Waals surface area contributed by atoms with E-state index in [1.165, 1.54) is 40.4 Å². The first-order valence-corrected chi connectivity index (χ1v) is 13.3. The van der Waals surface area contributed by atoms with E-state index in [9.17, 15) is 14.3 Å². The number of halogens is 2. The van der Waals surface area contributed by atoms with Crippen molar-refractivity contribution in [2.75, 3.05) is 51.3 Å². The molecule has 1 aliphatic rings. The maximum absolute atomic E-state index is 15.1. The van der Waals surface area contributed by atoms with E-state index in [1.807, 2.05) is 7.05 Å².